The van der Waals surface area contributed by atoms with Crippen molar-refractivity contribution < 1.29 is 9.59 Å². The molecular formula is C24H22N4O3. The Balaban J connectivity index is 1.72. The van der Waals surface area contributed by atoms with Gasteiger partial charge in [-0.05, 0) is 80.4 Å². The van der Waals surface area contributed by atoms with E-state index in [0.29, 0.717) is 28.0 Å². The lowest BCUT2D eigenvalue weighted by atomic mass is 10.1. The summed E-state index contributed by atoms with van der Waals surface area (Å²) in [4.78, 5) is 41.7. The van der Waals surface area contributed by atoms with Crippen molar-refractivity contribution in [2.24, 2.45) is 0 Å². The fraction of sp³-hybridized carbons (Fsp3) is 0.167. The summed E-state index contributed by atoms with van der Waals surface area (Å²) in [6.07, 6.45) is 1.60. The summed E-state index contributed by atoms with van der Waals surface area (Å²) in [6, 6.07) is 15.8. The normalized spacial score (nSPS) is 10.9. The lowest BCUT2D eigenvalue weighted by Crippen LogP contribution is -2.27. The Kier molecular flexibility index (Phi) is 5.25. The molecule has 0 spiro atoms. The van der Waals surface area contributed by atoms with Gasteiger partial charge < -0.3 is 5.32 Å². The number of anilines is 1. The van der Waals surface area contributed by atoms with E-state index in [1.54, 1.807) is 47.3 Å². The molecule has 31 heavy (non-hydrogen) atoms. The Hall–Kier alpha value is -4.00. The van der Waals surface area contributed by atoms with Crippen LogP contribution in [0, 0.1) is 13.8 Å². The van der Waals surface area contributed by atoms with Crippen LogP contribution in [0.15, 0.2) is 65.6 Å². The zero-order valence-electron chi connectivity index (χ0n) is 17.5. The van der Waals surface area contributed by atoms with E-state index in [4.69, 9.17) is 0 Å². The number of hydrogen-bond donors (Lipinski definition) is 1. The van der Waals surface area contributed by atoms with Crippen molar-refractivity contribution in [3.63, 3.8) is 0 Å². The Morgan fingerprint density at radius 2 is 1.74 bits per heavy atom. The Bertz CT molecular complexity index is 1360. The SMILES string of the molecule is CC(=O)c1ccc(NC(=O)Cn2c3ncccc3c(=O)n2-c2ccc(C)c(C)c2)cc1. The van der Waals surface area contributed by atoms with E-state index in [1.165, 1.54) is 11.6 Å². The summed E-state index contributed by atoms with van der Waals surface area (Å²) >= 11 is 0. The number of pyridine rings is 1. The van der Waals surface area contributed by atoms with Gasteiger partial charge in [-0.3, -0.25) is 19.1 Å². The Morgan fingerprint density at radius 1 is 1.00 bits per heavy atom. The molecule has 0 saturated carbocycles. The molecule has 0 aliphatic rings. The second-order valence-corrected chi connectivity index (χ2v) is 7.50. The van der Waals surface area contributed by atoms with Crippen LogP contribution in [-0.4, -0.2) is 26.0 Å². The molecular weight excluding hydrogens is 392 g/mol. The number of fused-ring (bicyclic) bond motifs is 1. The fourth-order valence-corrected chi connectivity index (χ4v) is 3.47. The Labute approximate surface area is 178 Å². The van der Waals surface area contributed by atoms with Gasteiger partial charge in [-0.1, -0.05) is 6.07 Å². The minimum absolute atomic E-state index is 0.0415. The Morgan fingerprint density at radius 3 is 2.42 bits per heavy atom. The second-order valence-electron chi connectivity index (χ2n) is 7.50. The van der Waals surface area contributed by atoms with E-state index in [-0.39, 0.29) is 23.8 Å². The van der Waals surface area contributed by atoms with E-state index < -0.39 is 0 Å². The molecule has 0 bridgehead atoms. The minimum atomic E-state index is -0.310. The summed E-state index contributed by atoms with van der Waals surface area (Å²) < 4.78 is 3.07. The third-order valence-electron chi connectivity index (χ3n) is 5.30. The van der Waals surface area contributed by atoms with Crippen LogP contribution < -0.4 is 10.9 Å². The van der Waals surface area contributed by atoms with Gasteiger partial charge >= 0.3 is 0 Å². The van der Waals surface area contributed by atoms with E-state index in [1.807, 2.05) is 32.0 Å². The molecule has 0 radical (unpaired) electrons. The first kappa shape index (κ1) is 20.3. The molecule has 1 amide bonds. The maximum atomic E-state index is 13.1. The first-order chi connectivity index (χ1) is 14.8. The van der Waals surface area contributed by atoms with E-state index >= 15 is 0 Å². The van der Waals surface area contributed by atoms with Gasteiger partial charge in [0.15, 0.2) is 11.4 Å². The molecule has 7 heteroatoms. The smallest absolute Gasteiger partial charge is 0.280 e. The van der Waals surface area contributed by atoms with Crippen LogP contribution in [-0.2, 0) is 11.3 Å². The van der Waals surface area contributed by atoms with Crippen molar-refractivity contribution in [1.29, 1.82) is 0 Å². The number of aromatic nitrogens is 3. The van der Waals surface area contributed by atoms with Crippen molar-refractivity contribution in [1.82, 2.24) is 14.3 Å². The second kappa shape index (κ2) is 8.02. The van der Waals surface area contributed by atoms with Gasteiger partial charge in [0.25, 0.3) is 5.56 Å². The zero-order chi connectivity index (χ0) is 22.1. The summed E-state index contributed by atoms with van der Waals surface area (Å²) in [6.45, 7) is 5.37. The maximum Gasteiger partial charge on any atom is 0.280 e. The van der Waals surface area contributed by atoms with Crippen molar-refractivity contribution in [3.8, 4) is 5.69 Å². The monoisotopic (exact) mass is 414 g/mol. The van der Waals surface area contributed by atoms with Crippen LogP contribution in [0.25, 0.3) is 16.7 Å². The number of benzene rings is 2. The van der Waals surface area contributed by atoms with Crippen molar-refractivity contribution in [2.45, 2.75) is 27.3 Å². The molecule has 0 aliphatic heterocycles. The zero-order valence-corrected chi connectivity index (χ0v) is 17.5. The fourth-order valence-electron chi connectivity index (χ4n) is 3.47. The van der Waals surface area contributed by atoms with Gasteiger partial charge in [0.05, 0.1) is 11.1 Å². The number of carbonyl (C=O) groups excluding carboxylic acids is 2. The van der Waals surface area contributed by atoms with Crippen LogP contribution in [0.3, 0.4) is 0 Å². The molecule has 156 valence electrons. The highest BCUT2D eigenvalue weighted by molar-refractivity contribution is 5.95. The molecule has 2 aromatic heterocycles. The number of Topliss-reactive ketones (excluding diaryl/α,β-unsaturated/α-hetero) is 1. The molecule has 0 fully saturated rings. The topological polar surface area (TPSA) is 86.0 Å². The number of hydrogen-bond acceptors (Lipinski definition) is 4. The number of nitrogens with zero attached hydrogens (tertiary/aromatic N) is 3. The number of carbonyl (C=O) groups is 2. The molecule has 0 saturated heterocycles. The van der Waals surface area contributed by atoms with Crippen LogP contribution >= 0.6 is 0 Å². The molecule has 0 unspecified atom stereocenters. The molecule has 1 N–H and O–H groups in total. The van der Waals surface area contributed by atoms with Crippen LogP contribution in [0.1, 0.15) is 28.4 Å². The number of rotatable bonds is 5. The highest BCUT2D eigenvalue weighted by atomic mass is 16.2. The molecule has 7 nitrogen and oxygen atoms in total. The summed E-state index contributed by atoms with van der Waals surface area (Å²) in [5.41, 5.74) is 4.18. The maximum absolute atomic E-state index is 13.1. The highest BCUT2D eigenvalue weighted by Crippen LogP contribution is 2.17. The molecule has 4 aromatic rings. The molecule has 0 atom stereocenters. The third-order valence-corrected chi connectivity index (χ3v) is 5.30. The number of ketones is 1. The molecule has 4 rings (SSSR count). The minimum Gasteiger partial charge on any atom is -0.324 e. The molecule has 2 heterocycles. The lowest BCUT2D eigenvalue weighted by Gasteiger charge is -2.14. The van der Waals surface area contributed by atoms with Crippen molar-refractivity contribution in [2.75, 3.05) is 5.32 Å². The average Bonchev–Trinajstić information content (AvgIpc) is 3.02. The van der Waals surface area contributed by atoms with Crippen LogP contribution in [0.4, 0.5) is 5.69 Å². The summed E-state index contributed by atoms with van der Waals surface area (Å²) in [7, 11) is 0. The van der Waals surface area contributed by atoms with E-state index in [9.17, 15) is 14.4 Å². The average molecular weight is 414 g/mol. The van der Waals surface area contributed by atoms with Gasteiger partial charge in [0, 0.05) is 17.4 Å². The predicted molar refractivity (Wildman–Crippen MR) is 120 cm³/mol. The molecule has 0 aliphatic carbocycles. The third kappa shape index (κ3) is 3.90. The van der Waals surface area contributed by atoms with Crippen LogP contribution in [0.2, 0.25) is 0 Å². The highest BCUT2D eigenvalue weighted by Gasteiger charge is 2.18. The summed E-state index contributed by atoms with van der Waals surface area (Å²) in [5, 5.41) is 3.26. The van der Waals surface area contributed by atoms with Crippen molar-refractivity contribution >= 4 is 28.4 Å². The lowest BCUT2D eigenvalue weighted by molar-refractivity contribution is -0.116. The first-order valence-corrected chi connectivity index (χ1v) is 9.90. The van der Waals surface area contributed by atoms with E-state index in [0.717, 1.165) is 11.1 Å². The number of nitrogens with one attached hydrogen (secondary N) is 1. The van der Waals surface area contributed by atoms with Crippen molar-refractivity contribution in [3.05, 3.63) is 87.8 Å². The predicted octanol–water partition coefficient (Wildman–Crippen LogP) is 3.65. The van der Waals surface area contributed by atoms with Crippen LogP contribution in [0.5, 0.6) is 0 Å². The van der Waals surface area contributed by atoms with Gasteiger partial charge in [0.2, 0.25) is 5.91 Å². The number of amides is 1. The van der Waals surface area contributed by atoms with Gasteiger partial charge in [-0.15, -0.1) is 0 Å². The standard InChI is InChI=1S/C24H22N4O3/c1-15-6-11-20(13-16(15)2)28-24(31)21-5-4-12-25-23(21)27(28)14-22(30)26-19-9-7-18(8-10-19)17(3)29/h4-13H,14H2,1-3H3,(H,26,30). The van der Waals surface area contributed by atoms with Gasteiger partial charge in [-0.2, -0.15) is 0 Å². The van der Waals surface area contributed by atoms with Gasteiger partial charge in [-0.25, -0.2) is 9.67 Å². The van der Waals surface area contributed by atoms with E-state index in [2.05, 4.69) is 10.3 Å². The summed E-state index contributed by atoms with van der Waals surface area (Å²) in [5.74, 6) is -0.351. The first-order valence-electron chi connectivity index (χ1n) is 9.90. The largest absolute Gasteiger partial charge is 0.324 e. The quantitative estimate of drug-likeness (QED) is 0.505. The van der Waals surface area contributed by atoms with Gasteiger partial charge in [0.1, 0.15) is 6.54 Å². The molecule has 2 aromatic carbocycles. The number of aryl methyl sites for hydroxylation is 2.